The van der Waals surface area contributed by atoms with Crippen LogP contribution in [0.2, 0.25) is 0 Å². The summed E-state index contributed by atoms with van der Waals surface area (Å²) < 4.78 is 4.72. The van der Waals surface area contributed by atoms with E-state index in [2.05, 4.69) is 5.32 Å². The van der Waals surface area contributed by atoms with Crippen LogP contribution in [-0.2, 0) is 20.7 Å². The number of methoxy groups -OCH3 is 1. The van der Waals surface area contributed by atoms with Gasteiger partial charge in [-0.3, -0.25) is 9.59 Å². The van der Waals surface area contributed by atoms with Crippen molar-refractivity contribution >= 4 is 17.4 Å². The Hall–Kier alpha value is -1.88. The first-order valence-electron chi connectivity index (χ1n) is 5.67. The van der Waals surface area contributed by atoms with Crippen molar-refractivity contribution < 1.29 is 19.4 Å². The maximum atomic E-state index is 11.2. The number of aryl methyl sites for hydroxylation is 1. The minimum Gasteiger partial charge on any atom is -0.481 e. The fourth-order valence-electron chi connectivity index (χ4n) is 1.45. The summed E-state index contributed by atoms with van der Waals surface area (Å²) in [7, 11) is 1.48. The van der Waals surface area contributed by atoms with Crippen LogP contribution in [0.15, 0.2) is 24.3 Å². The van der Waals surface area contributed by atoms with Gasteiger partial charge in [0.05, 0.1) is 6.54 Å². The zero-order chi connectivity index (χ0) is 13.4. The average Bonchev–Trinajstić information content (AvgIpc) is 2.35. The molecule has 18 heavy (non-hydrogen) atoms. The molecule has 98 valence electrons. The van der Waals surface area contributed by atoms with Gasteiger partial charge in [-0.15, -0.1) is 0 Å². The van der Waals surface area contributed by atoms with Crippen molar-refractivity contribution in [2.75, 3.05) is 25.6 Å². The largest absolute Gasteiger partial charge is 0.481 e. The molecule has 0 unspecified atom stereocenters. The number of carbonyl (C=O) groups excluding carboxylic acids is 1. The average molecular weight is 251 g/mol. The molecule has 5 nitrogen and oxygen atoms in total. The maximum Gasteiger partial charge on any atom is 0.303 e. The molecule has 0 fully saturated rings. The summed E-state index contributed by atoms with van der Waals surface area (Å²) in [5.41, 5.74) is 1.80. The lowest BCUT2D eigenvalue weighted by atomic mass is 10.1. The van der Waals surface area contributed by atoms with Gasteiger partial charge in [0, 0.05) is 19.2 Å². The summed E-state index contributed by atoms with van der Waals surface area (Å²) >= 11 is 0. The van der Waals surface area contributed by atoms with Crippen LogP contribution in [0, 0.1) is 0 Å². The number of anilines is 1. The van der Waals surface area contributed by atoms with Crippen LogP contribution in [0.25, 0.3) is 0 Å². The summed E-state index contributed by atoms with van der Waals surface area (Å²) in [6.45, 7) is 0.325. The second kappa shape index (κ2) is 7.45. The zero-order valence-electron chi connectivity index (χ0n) is 10.3. The Balaban J connectivity index is 2.40. The monoisotopic (exact) mass is 251 g/mol. The number of ether oxygens (including phenoxy) is 1. The third kappa shape index (κ3) is 5.45. The number of benzene rings is 1. The van der Waals surface area contributed by atoms with Gasteiger partial charge in [0.15, 0.2) is 5.78 Å². The maximum absolute atomic E-state index is 11.2. The number of ketones is 1. The number of rotatable bonds is 8. The second-order valence-corrected chi connectivity index (χ2v) is 3.92. The Bertz CT molecular complexity index is 400. The molecule has 0 radical (unpaired) electrons. The van der Waals surface area contributed by atoms with E-state index < -0.39 is 5.97 Å². The van der Waals surface area contributed by atoms with Crippen molar-refractivity contribution in [2.24, 2.45) is 0 Å². The highest BCUT2D eigenvalue weighted by atomic mass is 16.5. The summed E-state index contributed by atoms with van der Waals surface area (Å²) in [4.78, 5) is 21.6. The van der Waals surface area contributed by atoms with E-state index in [1.54, 1.807) is 0 Å². The molecule has 0 aliphatic heterocycles. The van der Waals surface area contributed by atoms with Crippen molar-refractivity contribution in [1.82, 2.24) is 0 Å². The van der Waals surface area contributed by atoms with Crippen molar-refractivity contribution in [2.45, 2.75) is 12.8 Å². The molecule has 1 aromatic rings. The van der Waals surface area contributed by atoms with Crippen LogP contribution in [0.4, 0.5) is 5.69 Å². The van der Waals surface area contributed by atoms with E-state index >= 15 is 0 Å². The fraction of sp³-hybridized carbons (Fsp3) is 0.385. The Labute approximate surface area is 106 Å². The van der Waals surface area contributed by atoms with Crippen molar-refractivity contribution in [3.63, 3.8) is 0 Å². The summed E-state index contributed by atoms with van der Waals surface area (Å²) in [5, 5.41) is 11.5. The molecular formula is C13H17NO4. The Morgan fingerprint density at radius 3 is 2.50 bits per heavy atom. The number of hydrogen-bond donors (Lipinski definition) is 2. The highest BCUT2D eigenvalue weighted by molar-refractivity contribution is 5.84. The lowest BCUT2D eigenvalue weighted by Gasteiger charge is -2.06. The summed E-state index contributed by atoms with van der Waals surface area (Å²) in [6, 6.07) is 7.37. The third-order valence-corrected chi connectivity index (χ3v) is 2.38. The van der Waals surface area contributed by atoms with Crippen molar-refractivity contribution in [3.8, 4) is 0 Å². The van der Waals surface area contributed by atoms with Gasteiger partial charge in [-0.05, 0) is 24.1 Å². The topological polar surface area (TPSA) is 75.6 Å². The smallest absolute Gasteiger partial charge is 0.303 e. The normalized spacial score (nSPS) is 10.1. The van der Waals surface area contributed by atoms with E-state index in [4.69, 9.17) is 9.84 Å². The molecule has 0 atom stereocenters. The molecule has 1 aromatic carbocycles. The Morgan fingerprint density at radius 1 is 1.28 bits per heavy atom. The lowest BCUT2D eigenvalue weighted by Crippen LogP contribution is -2.18. The van der Waals surface area contributed by atoms with Gasteiger partial charge in [-0.2, -0.15) is 0 Å². The molecule has 5 heteroatoms. The first kappa shape index (κ1) is 14.2. The molecule has 0 heterocycles. The van der Waals surface area contributed by atoms with Gasteiger partial charge in [0.1, 0.15) is 6.61 Å². The van der Waals surface area contributed by atoms with E-state index in [0.29, 0.717) is 6.42 Å². The number of carbonyl (C=O) groups is 2. The first-order valence-corrected chi connectivity index (χ1v) is 5.67. The molecule has 0 saturated carbocycles. The highest BCUT2D eigenvalue weighted by Gasteiger charge is 2.02. The quantitative estimate of drug-likeness (QED) is 0.729. The molecule has 0 spiro atoms. The molecule has 0 aliphatic rings. The van der Waals surface area contributed by atoms with E-state index in [0.717, 1.165) is 11.3 Å². The lowest BCUT2D eigenvalue weighted by molar-refractivity contribution is -0.137. The Kier molecular flexibility index (Phi) is 5.87. The predicted octanol–water partition coefficient (Wildman–Crippen LogP) is 1.33. The number of carboxylic acid groups (broad SMARTS) is 1. The van der Waals surface area contributed by atoms with Crippen LogP contribution >= 0.6 is 0 Å². The van der Waals surface area contributed by atoms with E-state index in [-0.39, 0.29) is 25.4 Å². The van der Waals surface area contributed by atoms with Crippen LogP contribution in [0.3, 0.4) is 0 Å². The van der Waals surface area contributed by atoms with Gasteiger partial charge in [-0.25, -0.2) is 0 Å². The fourth-order valence-corrected chi connectivity index (χ4v) is 1.45. The number of aliphatic carboxylic acids is 1. The minimum absolute atomic E-state index is 0.0209. The van der Waals surface area contributed by atoms with Crippen molar-refractivity contribution in [1.29, 1.82) is 0 Å². The highest BCUT2D eigenvalue weighted by Crippen LogP contribution is 2.10. The summed E-state index contributed by atoms with van der Waals surface area (Å²) in [5.74, 6) is -0.824. The van der Waals surface area contributed by atoms with Crippen LogP contribution in [-0.4, -0.2) is 37.1 Å². The van der Waals surface area contributed by atoms with Gasteiger partial charge >= 0.3 is 5.97 Å². The van der Waals surface area contributed by atoms with E-state index in [1.165, 1.54) is 7.11 Å². The van der Waals surface area contributed by atoms with Crippen LogP contribution in [0.1, 0.15) is 12.0 Å². The third-order valence-electron chi connectivity index (χ3n) is 2.38. The summed E-state index contributed by atoms with van der Waals surface area (Å²) in [6.07, 6.45) is 0.636. The number of hydrogen-bond acceptors (Lipinski definition) is 4. The van der Waals surface area contributed by atoms with E-state index in [9.17, 15) is 9.59 Å². The van der Waals surface area contributed by atoms with E-state index in [1.807, 2.05) is 24.3 Å². The van der Waals surface area contributed by atoms with Gasteiger partial charge < -0.3 is 15.2 Å². The van der Waals surface area contributed by atoms with Gasteiger partial charge in [0.25, 0.3) is 0 Å². The molecule has 0 aromatic heterocycles. The molecule has 0 bridgehead atoms. The molecule has 0 aliphatic carbocycles. The zero-order valence-corrected chi connectivity index (χ0v) is 10.3. The number of nitrogens with one attached hydrogen (secondary N) is 1. The van der Waals surface area contributed by atoms with Crippen LogP contribution in [0.5, 0.6) is 0 Å². The predicted molar refractivity (Wildman–Crippen MR) is 67.8 cm³/mol. The van der Waals surface area contributed by atoms with Crippen LogP contribution < -0.4 is 5.32 Å². The first-order chi connectivity index (χ1) is 8.61. The molecule has 2 N–H and O–H groups in total. The van der Waals surface area contributed by atoms with Gasteiger partial charge in [0.2, 0.25) is 0 Å². The molecule has 0 saturated heterocycles. The SMILES string of the molecule is COCC(=O)CNc1ccc(CCC(=O)O)cc1. The van der Waals surface area contributed by atoms with Crippen molar-refractivity contribution in [3.05, 3.63) is 29.8 Å². The molecule has 1 rings (SSSR count). The second-order valence-electron chi connectivity index (χ2n) is 3.92. The molecule has 0 amide bonds. The number of Topliss-reactive ketones (excluding diaryl/α,β-unsaturated/α-hetero) is 1. The number of carboxylic acids is 1. The minimum atomic E-state index is -0.803. The Morgan fingerprint density at radius 2 is 1.94 bits per heavy atom. The van der Waals surface area contributed by atoms with Gasteiger partial charge in [-0.1, -0.05) is 12.1 Å². The standard InChI is InChI=1S/C13H17NO4/c1-18-9-12(15)8-14-11-5-2-10(3-6-11)4-7-13(16)17/h2-3,5-6,14H,4,7-9H2,1H3,(H,16,17). The molecular weight excluding hydrogens is 234 g/mol.